The lowest BCUT2D eigenvalue weighted by atomic mass is 10.2. The Balaban J connectivity index is 2.50. The van der Waals surface area contributed by atoms with Gasteiger partial charge >= 0.3 is 5.97 Å². The van der Waals surface area contributed by atoms with Gasteiger partial charge in [0.05, 0.1) is 5.69 Å². The van der Waals surface area contributed by atoms with Crippen molar-refractivity contribution in [3.8, 4) is 5.69 Å². The van der Waals surface area contributed by atoms with Crippen LogP contribution in [-0.4, -0.2) is 20.9 Å². The third-order valence-electron chi connectivity index (χ3n) is 2.29. The van der Waals surface area contributed by atoms with Gasteiger partial charge in [0.1, 0.15) is 5.82 Å². The molecule has 2 rings (SSSR count). The van der Waals surface area contributed by atoms with E-state index in [1.165, 1.54) is 23.0 Å². The number of aromatic nitrogens is 2. The molecule has 0 bridgehead atoms. The van der Waals surface area contributed by atoms with E-state index in [1.807, 2.05) is 0 Å². The highest BCUT2D eigenvalue weighted by molar-refractivity contribution is 5.85. The highest BCUT2D eigenvalue weighted by Gasteiger charge is 2.10. The standard InChI is InChI=1S/C11H9FN2O2/c1-7-8(12)3-2-4-10(7)14-6-5-9(13-14)11(15)16/h2-6H,1H3,(H,15,16). The normalized spacial score (nSPS) is 10.4. The Labute approximate surface area is 90.9 Å². The third-order valence-corrected chi connectivity index (χ3v) is 2.29. The van der Waals surface area contributed by atoms with Crippen molar-refractivity contribution in [2.24, 2.45) is 0 Å². The second kappa shape index (κ2) is 3.77. The molecule has 1 aromatic carbocycles. The van der Waals surface area contributed by atoms with Crippen molar-refractivity contribution < 1.29 is 14.3 Å². The number of nitrogens with zero attached hydrogens (tertiary/aromatic N) is 2. The van der Waals surface area contributed by atoms with E-state index in [-0.39, 0.29) is 11.5 Å². The molecular weight excluding hydrogens is 211 g/mol. The first-order valence-corrected chi connectivity index (χ1v) is 4.64. The summed E-state index contributed by atoms with van der Waals surface area (Å²) in [4.78, 5) is 10.6. The highest BCUT2D eigenvalue weighted by Crippen LogP contribution is 2.16. The molecule has 16 heavy (non-hydrogen) atoms. The molecule has 0 aliphatic rings. The van der Waals surface area contributed by atoms with Crippen molar-refractivity contribution in [1.82, 2.24) is 9.78 Å². The second-order valence-corrected chi connectivity index (χ2v) is 3.33. The summed E-state index contributed by atoms with van der Waals surface area (Å²) in [6.07, 6.45) is 1.49. The van der Waals surface area contributed by atoms with Gasteiger partial charge in [-0.05, 0) is 25.1 Å². The van der Waals surface area contributed by atoms with Crippen LogP contribution in [0.25, 0.3) is 5.69 Å². The monoisotopic (exact) mass is 220 g/mol. The summed E-state index contributed by atoms with van der Waals surface area (Å²) in [6.45, 7) is 1.62. The van der Waals surface area contributed by atoms with Gasteiger partial charge in [0.2, 0.25) is 0 Å². The van der Waals surface area contributed by atoms with Crippen LogP contribution in [0.15, 0.2) is 30.5 Å². The maximum atomic E-state index is 13.3. The second-order valence-electron chi connectivity index (χ2n) is 3.33. The molecule has 0 saturated heterocycles. The van der Waals surface area contributed by atoms with Crippen LogP contribution in [0.4, 0.5) is 4.39 Å². The van der Waals surface area contributed by atoms with Gasteiger partial charge in [0.15, 0.2) is 5.69 Å². The number of halogens is 1. The van der Waals surface area contributed by atoms with Crippen LogP contribution in [0.3, 0.4) is 0 Å². The topological polar surface area (TPSA) is 55.1 Å². The van der Waals surface area contributed by atoms with Crippen LogP contribution < -0.4 is 0 Å². The predicted octanol–water partition coefficient (Wildman–Crippen LogP) is 2.02. The van der Waals surface area contributed by atoms with Gasteiger partial charge in [-0.25, -0.2) is 13.9 Å². The first-order chi connectivity index (χ1) is 7.59. The summed E-state index contributed by atoms with van der Waals surface area (Å²) in [5.74, 6) is -1.45. The molecule has 5 heteroatoms. The molecule has 82 valence electrons. The first kappa shape index (κ1) is 10.4. The fourth-order valence-corrected chi connectivity index (χ4v) is 1.42. The molecule has 1 aromatic heterocycles. The fourth-order valence-electron chi connectivity index (χ4n) is 1.42. The summed E-state index contributed by atoms with van der Waals surface area (Å²) < 4.78 is 14.6. The number of hydrogen-bond donors (Lipinski definition) is 1. The smallest absolute Gasteiger partial charge is 0.356 e. The molecule has 0 fully saturated rings. The van der Waals surface area contributed by atoms with Gasteiger partial charge in [-0.2, -0.15) is 5.10 Å². The summed E-state index contributed by atoms with van der Waals surface area (Å²) in [6, 6.07) is 5.95. The molecule has 1 heterocycles. The van der Waals surface area contributed by atoms with Crippen LogP contribution in [0.1, 0.15) is 16.1 Å². The van der Waals surface area contributed by atoms with Gasteiger partial charge in [-0.15, -0.1) is 0 Å². The number of carbonyl (C=O) groups is 1. The first-order valence-electron chi connectivity index (χ1n) is 4.64. The summed E-state index contributed by atoms with van der Waals surface area (Å²) >= 11 is 0. The molecule has 4 nitrogen and oxygen atoms in total. The molecule has 0 spiro atoms. The molecule has 0 aliphatic heterocycles. The minimum atomic E-state index is -1.10. The van der Waals surface area contributed by atoms with Crippen molar-refractivity contribution in [1.29, 1.82) is 0 Å². The number of carboxylic acid groups (broad SMARTS) is 1. The summed E-state index contributed by atoms with van der Waals surface area (Å²) in [5, 5.41) is 12.6. The van der Waals surface area contributed by atoms with E-state index in [0.29, 0.717) is 11.3 Å². The Morgan fingerprint density at radius 1 is 1.44 bits per heavy atom. The van der Waals surface area contributed by atoms with E-state index in [2.05, 4.69) is 5.10 Å². The van der Waals surface area contributed by atoms with Gasteiger partial charge in [0.25, 0.3) is 0 Å². The number of carboxylic acids is 1. The van der Waals surface area contributed by atoms with Gasteiger partial charge in [0, 0.05) is 11.8 Å². The van der Waals surface area contributed by atoms with Crippen LogP contribution in [0, 0.1) is 12.7 Å². The lowest BCUT2D eigenvalue weighted by Gasteiger charge is -2.05. The SMILES string of the molecule is Cc1c(F)cccc1-n1ccc(C(=O)O)n1. The Morgan fingerprint density at radius 3 is 2.81 bits per heavy atom. The van der Waals surface area contributed by atoms with Gasteiger partial charge in [-0.3, -0.25) is 0 Å². The highest BCUT2D eigenvalue weighted by atomic mass is 19.1. The van der Waals surface area contributed by atoms with Crippen LogP contribution in [0.5, 0.6) is 0 Å². The van der Waals surface area contributed by atoms with E-state index in [4.69, 9.17) is 5.11 Å². The zero-order valence-corrected chi connectivity index (χ0v) is 8.51. The molecule has 0 saturated carbocycles. The summed E-state index contributed by atoms with van der Waals surface area (Å²) in [5.41, 5.74) is 0.902. The minimum absolute atomic E-state index is 0.0661. The Kier molecular flexibility index (Phi) is 2.44. The largest absolute Gasteiger partial charge is 0.476 e. The van der Waals surface area contributed by atoms with Gasteiger partial charge in [-0.1, -0.05) is 6.07 Å². The van der Waals surface area contributed by atoms with E-state index in [0.717, 1.165) is 0 Å². The van der Waals surface area contributed by atoms with E-state index < -0.39 is 5.97 Å². The van der Waals surface area contributed by atoms with Crippen molar-refractivity contribution in [2.75, 3.05) is 0 Å². The maximum absolute atomic E-state index is 13.3. The lowest BCUT2D eigenvalue weighted by Crippen LogP contribution is -2.03. The van der Waals surface area contributed by atoms with Crippen LogP contribution in [0.2, 0.25) is 0 Å². The number of benzene rings is 1. The molecular formula is C11H9FN2O2. The van der Waals surface area contributed by atoms with Crippen molar-refractivity contribution >= 4 is 5.97 Å². The zero-order valence-electron chi connectivity index (χ0n) is 8.51. The molecule has 2 aromatic rings. The quantitative estimate of drug-likeness (QED) is 0.842. The van der Waals surface area contributed by atoms with Gasteiger partial charge < -0.3 is 5.11 Å². The van der Waals surface area contributed by atoms with Crippen LogP contribution in [-0.2, 0) is 0 Å². The van der Waals surface area contributed by atoms with Crippen molar-refractivity contribution in [3.05, 3.63) is 47.5 Å². The minimum Gasteiger partial charge on any atom is -0.476 e. The molecule has 0 aliphatic carbocycles. The lowest BCUT2D eigenvalue weighted by molar-refractivity contribution is 0.0690. The number of hydrogen-bond acceptors (Lipinski definition) is 2. The number of rotatable bonds is 2. The average molecular weight is 220 g/mol. The van der Waals surface area contributed by atoms with Crippen molar-refractivity contribution in [3.63, 3.8) is 0 Å². The fraction of sp³-hybridized carbons (Fsp3) is 0.0909. The van der Waals surface area contributed by atoms with E-state index in [1.54, 1.807) is 19.1 Å². The molecule has 0 amide bonds. The average Bonchev–Trinajstić information content (AvgIpc) is 2.71. The number of aromatic carboxylic acids is 1. The van der Waals surface area contributed by atoms with Crippen LogP contribution >= 0.6 is 0 Å². The molecule has 0 atom stereocenters. The maximum Gasteiger partial charge on any atom is 0.356 e. The predicted molar refractivity (Wildman–Crippen MR) is 55.2 cm³/mol. The molecule has 1 N–H and O–H groups in total. The van der Waals surface area contributed by atoms with E-state index >= 15 is 0 Å². The Bertz CT molecular complexity index is 549. The Morgan fingerprint density at radius 2 is 2.19 bits per heavy atom. The molecule has 0 radical (unpaired) electrons. The Hall–Kier alpha value is -2.17. The molecule has 0 unspecified atom stereocenters. The summed E-state index contributed by atoms with van der Waals surface area (Å²) in [7, 11) is 0. The van der Waals surface area contributed by atoms with Crippen molar-refractivity contribution in [2.45, 2.75) is 6.92 Å². The zero-order chi connectivity index (χ0) is 11.7. The van der Waals surface area contributed by atoms with E-state index in [9.17, 15) is 9.18 Å². The third kappa shape index (κ3) is 1.67.